The fraction of sp³-hybridized carbons (Fsp3) is 0.263. The second-order valence-electron chi connectivity index (χ2n) is 6.45. The Bertz CT molecular complexity index is 1010. The summed E-state index contributed by atoms with van der Waals surface area (Å²) < 4.78 is 30.2. The maximum Gasteiger partial charge on any atom is 0.263 e. The normalized spacial score (nSPS) is 11.5. The lowest BCUT2D eigenvalue weighted by atomic mass is 10.0. The summed E-state index contributed by atoms with van der Waals surface area (Å²) in [6.07, 6.45) is 5.18. The highest BCUT2D eigenvalue weighted by atomic mass is 32.2. The van der Waals surface area contributed by atoms with Gasteiger partial charge in [0.1, 0.15) is 0 Å². The molecule has 3 rings (SSSR count). The maximum absolute atomic E-state index is 12.9. The number of sulfonamides is 1. The van der Waals surface area contributed by atoms with Crippen LogP contribution in [-0.2, 0) is 16.6 Å². The van der Waals surface area contributed by atoms with Gasteiger partial charge >= 0.3 is 0 Å². The minimum absolute atomic E-state index is 0.303. The van der Waals surface area contributed by atoms with Gasteiger partial charge in [0.15, 0.2) is 5.82 Å². The molecule has 1 N–H and O–H groups in total. The van der Waals surface area contributed by atoms with Crippen LogP contribution in [0.5, 0.6) is 0 Å². The summed E-state index contributed by atoms with van der Waals surface area (Å²) in [5, 5.41) is 4.33. The van der Waals surface area contributed by atoms with Gasteiger partial charge in [-0.2, -0.15) is 5.10 Å². The Hall–Kier alpha value is -2.67. The molecule has 0 aliphatic heterocycles. The third kappa shape index (κ3) is 3.62. The number of pyridine rings is 1. The highest BCUT2D eigenvalue weighted by Gasteiger charge is 2.23. The van der Waals surface area contributed by atoms with E-state index in [1.54, 1.807) is 29.3 Å². The van der Waals surface area contributed by atoms with Crippen LogP contribution in [0, 0.1) is 27.7 Å². The van der Waals surface area contributed by atoms with Crippen LogP contribution in [0.4, 0.5) is 5.82 Å². The zero-order chi connectivity index (χ0) is 18.9. The number of aryl methyl sites for hydroxylation is 2. The average Bonchev–Trinajstić information content (AvgIpc) is 3.00. The lowest BCUT2D eigenvalue weighted by Crippen LogP contribution is -2.17. The molecule has 3 aromatic rings. The Morgan fingerprint density at radius 3 is 2.23 bits per heavy atom. The first-order chi connectivity index (χ1) is 12.3. The van der Waals surface area contributed by atoms with E-state index < -0.39 is 10.0 Å². The number of nitrogens with one attached hydrogen (secondary N) is 1. The Morgan fingerprint density at radius 1 is 1.00 bits per heavy atom. The van der Waals surface area contributed by atoms with Crippen molar-refractivity contribution in [3.63, 3.8) is 0 Å². The van der Waals surface area contributed by atoms with Crippen LogP contribution < -0.4 is 4.72 Å². The minimum Gasteiger partial charge on any atom is -0.266 e. The largest absolute Gasteiger partial charge is 0.266 e. The second kappa shape index (κ2) is 6.92. The van der Waals surface area contributed by atoms with Crippen LogP contribution in [0.25, 0.3) is 0 Å². The Kier molecular flexibility index (Phi) is 4.82. The zero-order valence-corrected chi connectivity index (χ0v) is 16.1. The van der Waals surface area contributed by atoms with Gasteiger partial charge in [0.2, 0.25) is 0 Å². The van der Waals surface area contributed by atoms with Crippen molar-refractivity contribution in [1.29, 1.82) is 0 Å². The van der Waals surface area contributed by atoms with Gasteiger partial charge in [-0.05, 0) is 67.6 Å². The Morgan fingerprint density at radius 2 is 1.62 bits per heavy atom. The fourth-order valence-corrected chi connectivity index (χ4v) is 4.57. The van der Waals surface area contributed by atoms with E-state index in [0.29, 0.717) is 17.3 Å². The summed E-state index contributed by atoms with van der Waals surface area (Å²) in [4.78, 5) is 4.32. The van der Waals surface area contributed by atoms with Gasteiger partial charge in [-0.3, -0.25) is 14.4 Å². The smallest absolute Gasteiger partial charge is 0.263 e. The van der Waals surface area contributed by atoms with Crippen molar-refractivity contribution in [2.24, 2.45) is 0 Å². The molecule has 7 heteroatoms. The van der Waals surface area contributed by atoms with Gasteiger partial charge in [0, 0.05) is 24.7 Å². The van der Waals surface area contributed by atoms with Gasteiger partial charge in [-0.25, -0.2) is 8.42 Å². The summed E-state index contributed by atoms with van der Waals surface area (Å²) >= 11 is 0. The molecule has 0 bridgehead atoms. The quantitative estimate of drug-likeness (QED) is 0.747. The predicted octanol–water partition coefficient (Wildman–Crippen LogP) is 3.36. The molecule has 0 fully saturated rings. The molecule has 6 nitrogen and oxygen atoms in total. The number of rotatable bonds is 5. The molecule has 1 aromatic carbocycles. The minimum atomic E-state index is -3.72. The van der Waals surface area contributed by atoms with Crippen LogP contribution in [0.3, 0.4) is 0 Å². The molecular formula is C19H22N4O2S. The second-order valence-corrected chi connectivity index (χ2v) is 8.07. The number of aromatic nitrogens is 3. The van der Waals surface area contributed by atoms with Crippen molar-refractivity contribution < 1.29 is 8.42 Å². The Balaban J connectivity index is 1.88. The van der Waals surface area contributed by atoms with Crippen LogP contribution in [0.1, 0.15) is 27.8 Å². The highest BCUT2D eigenvalue weighted by molar-refractivity contribution is 7.92. The van der Waals surface area contributed by atoms with Crippen molar-refractivity contribution in [2.75, 3.05) is 4.72 Å². The SMILES string of the molecule is Cc1cc(C)c(C)c(S(=O)(=O)Nc2ccn(Cc3ccncc3)n2)c1C. The molecule has 0 amide bonds. The molecule has 0 aliphatic carbocycles. The van der Waals surface area contributed by atoms with Gasteiger partial charge < -0.3 is 0 Å². The molecule has 136 valence electrons. The molecule has 0 spiro atoms. The third-order valence-electron chi connectivity index (χ3n) is 4.54. The van der Waals surface area contributed by atoms with Gasteiger partial charge in [-0.1, -0.05) is 6.07 Å². The standard InChI is InChI=1S/C19H22N4O2S/c1-13-11-14(2)16(4)19(15(13)3)26(24,25)22-18-7-10-23(21-18)12-17-5-8-20-9-6-17/h5-11H,12H2,1-4H3,(H,21,22). The number of hydrogen-bond donors (Lipinski definition) is 1. The van der Waals surface area contributed by atoms with Gasteiger partial charge in [0.05, 0.1) is 11.4 Å². The molecule has 26 heavy (non-hydrogen) atoms. The number of nitrogens with zero attached hydrogens (tertiary/aromatic N) is 3. The van der Waals surface area contributed by atoms with Crippen molar-refractivity contribution in [3.05, 3.63) is 70.7 Å². The van der Waals surface area contributed by atoms with Gasteiger partial charge in [-0.15, -0.1) is 0 Å². The van der Waals surface area contributed by atoms with E-state index in [1.807, 2.05) is 45.9 Å². The summed E-state index contributed by atoms with van der Waals surface area (Å²) in [5.41, 5.74) is 4.47. The molecule has 2 heterocycles. The molecule has 0 atom stereocenters. The van der Waals surface area contributed by atoms with E-state index in [-0.39, 0.29) is 0 Å². The number of benzene rings is 1. The fourth-order valence-electron chi connectivity index (χ4n) is 2.95. The molecule has 0 aliphatic rings. The van der Waals surface area contributed by atoms with Crippen LogP contribution in [-0.4, -0.2) is 23.2 Å². The van der Waals surface area contributed by atoms with Crippen molar-refractivity contribution in [2.45, 2.75) is 39.1 Å². The first kappa shape index (κ1) is 18.1. The van der Waals surface area contributed by atoms with E-state index in [9.17, 15) is 8.42 Å². The van der Waals surface area contributed by atoms with E-state index >= 15 is 0 Å². The molecule has 0 unspecified atom stereocenters. The van der Waals surface area contributed by atoms with E-state index in [2.05, 4.69) is 14.8 Å². The molecule has 0 saturated heterocycles. The molecule has 2 aromatic heterocycles. The van der Waals surface area contributed by atoms with Crippen LogP contribution in [0.15, 0.2) is 47.8 Å². The van der Waals surface area contributed by atoms with Gasteiger partial charge in [0.25, 0.3) is 10.0 Å². The lowest BCUT2D eigenvalue weighted by Gasteiger charge is -2.15. The zero-order valence-electron chi connectivity index (χ0n) is 15.3. The van der Waals surface area contributed by atoms with Crippen molar-refractivity contribution in [3.8, 4) is 0 Å². The summed E-state index contributed by atoms with van der Waals surface area (Å²) in [7, 11) is -3.72. The lowest BCUT2D eigenvalue weighted by molar-refractivity contribution is 0.599. The van der Waals surface area contributed by atoms with Crippen LogP contribution in [0.2, 0.25) is 0 Å². The van der Waals surface area contributed by atoms with E-state index in [0.717, 1.165) is 27.8 Å². The Labute approximate surface area is 154 Å². The molecular weight excluding hydrogens is 348 g/mol. The summed E-state index contributed by atoms with van der Waals surface area (Å²) in [6.45, 7) is 8.05. The van der Waals surface area contributed by atoms with Crippen molar-refractivity contribution in [1.82, 2.24) is 14.8 Å². The number of hydrogen-bond acceptors (Lipinski definition) is 4. The van der Waals surface area contributed by atoms with E-state index in [1.165, 1.54) is 0 Å². The first-order valence-corrected chi connectivity index (χ1v) is 9.79. The highest BCUT2D eigenvalue weighted by Crippen LogP contribution is 2.27. The summed E-state index contributed by atoms with van der Waals surface area (Å²) in [5.74, 6) is 0.303. The average molecular weight is 370 g/mol. The third-order valence-corrected chi connectivity index (χ3v) is 6.17. The van der Waals surface area contributed by atoms with Crippen molar-refractivity contribution >= 4 is 15.8 Å². The summed E-state index contributed by atoms with van der Waals surface area (Å²) in [6, 6.07) is 7.46. The predicted molar refractivity (Wildman–Crippen MR) is 102 cm³/mol. The topological polar surface area (TPSA) is 76.9 Å². The van der Waals surface area contributed by atoms with E-state index in [4.69, 9.17) is 0 Å². The van der Waals surface area contributed by atoms with Crippen LogP contribution >= 0.6 is 0 Å². The maximum atomic E-state index is 12.9. The molecule has 0 saturated carbocycles. The first-order valence-electron chi connectivity index (χ1n) is 8.30. The molecule has 0 radical (unpaired) electrons. The monoisotopic (exact) mass is 370 g/mol. The number of anilines is 1.